The maximum Gasteiger partial charge on any atom is 0.243 e. The molecule has 0 aliphatic heterocycles. The molecule has 0 saturated carbocycles. The fraction of sp³-hybridized carbons (Fsp3) is 0.389. The van der Waals surface area contributed by atoms with Crippen molar-refractivity contribution in [3.63, 3.8) is 0 Å². The van der Waals surface area contributed by atoms with Crippen LogP contribution < -0.4 is 5.32 Å². The Labute approximate surface area is 184 Å². The summed E-state index contributed by atoms with van der Waals surface area (Å²) in [5, 5.41) is 31.3. The summed E-state index contributed by atoms with van der Waals surface area (Å²) in [7, 11) is -4.08. The lowest BCUT2D eigenvalue weighted by Gasteiger charge is -2.27. The van der Waals surface area contributed by atoms with E-state index in [0.717, 1.165) is 4.31 Å². The molecule has 14 heteroatoms. The Morgan fingerprint density at radius 3 is 1.91 bits per heavy atom. The molecule has 0 spiro atoms. The van der Waals surface area contributed by atoms with E-state index in [0.29, 0.717) is 5.69 Å². The molecule has 172 valence electrons. The minimum absolute atomic E-state index is 0.0205. The second kappa shape index (κ2) is 10.4. The third-order valence-electron chi connectivity index (χ3n) is 4.37. The number of nitrogens with one attached hydrogen (secondary N) is 1. The van der Waals surface area contributed by atoms with Crippen LogP contribution in [0, 0.1) is 0 Å². The van der Waals surface area contributed by atoms with Crippen LogP contribution in [-0.2, 0) is 27.9 Å². The number of hydrogen-bond donors (Lipinski definition) is 3. The highest BCUT2D eigenvalue weighted by molar-refractivity contribution is 7.89. The van der Waals surface area contributed by atoms with Crippen molar-refractivity contribution < 1.29 is 23.4 Å². The van der Waals surface area contributed by atoms with E-state index in [9.17, 15) is 23.4 Å². The molecule has 2 unspecified atom stereocenters. The first-order chi connectivity index (χ1) is 15.2. The number of hydrogen-bond acceptors (Lipinski definition) is 9. The Bertz CT molecular complexity index is 1040. The zero-order valence-corrected chi connectivity index (χ0v) is 18.1. The predicted molar refractivity (Wildman–Crippen MR) is 112 cm³/mol. The van der Waals surface area contributed by atoms with Gasteiger partial charge < -0.3 is 15.5 Å². The highest BCUT2D eigenvalue weighted by atomic mass is 32.2. The fourth-order valence-electron chi connectivity index (χ4n) is 3.00. The molecule has 2 atom stereocenters. The van der Waals surface area contributed by atoms with Gasteiger partial charge in [-0.2, -0.15) is 14.5 Å². The number of aliphatic hydroxyl groups is 2. The number of aromatic nitrogens is 6. The molecule has 1 aromatic carbocycles. The van der Waals surface area contributed by atoms with Crippen LogP contribution in [0.15, 0.2) is 54.5 Å². The Balaban J connectivity index is 1.79. The van der Waals surface area contributed by atoms with Gasteiger partial charge >= 0.3 is 0 Å². The highest BCUT2D eigenvalue weighted by Crippen LogP contribution is 2.20. The number of anilines is 1. The van der Waals surface area contributed by atoms with E-state index in [2.05, 4.69) is 25.5 Å². The third kappa shape index (κ3) is 6.40. The zero-order chi connectivity index (χ0) is 23.1. The minimum Gasteiger partial charge on any atom is -0.390 e. The Morgan fingerprint density at radius 2 is 1.50 bits per heavy atom. The SMILES string of the molecule is CC(=O)Nc1ccc(S(=O)(=O)N(CC(O)Cn2cncn2)CC(O)Cn2cncn2)cc1. The fourth-order valence-corrected chi connectivity index (χ4v) is 4.52. The van der Waals surface area contributed by atoms with Gasteiger partial charge in [-0.1, -0.05) is 0 Å². The maximum absolute atomic E-state index is 13.3. The standard InChI is InChI=1S/C18H24N8O5S/c1-14(27)23-15-2-4-18(5-3-15)32(30,31)26(8-16(28)6-24-12-19-10-21-24)9-17(29)7-25-13-20-11-22-25/h2-5,10-13,16-17,28-29H,6-9H2,1H3,(H,23,27). The van der Waals surface area contributed by atoms with Crippen LogP contribution in [-0.4, -0.2) is 83.7 Å². The molecule has 13 nitrogen and oxygen atoms in total. The van der Waals surface area contributed by atoms with Crippen molar-refractivity contribution in [2.45, 2.75) is 37.1 Å². The molecule has 0 fully saturated rings. The van der Waals surface area contributed by atoms with Gasteiger partial charge in [0.25, 0.3) is 0 Å². The van der Waals surface area contributed by atoms with E-state index in [-0.39, 0.29) is 37.0 Å². The van der Waals surface area contributed by atoms with Gasteiger partial charge in [0.15, 0.2) is 0 Å². The van der Waals surface area contributed by atoms with Crippen LogP contribution in [0.2, 0.25) is 0 Å². The summed E-state index contributed by atoms with van der Waals surface area (Å²) in [4.78, 5) is 18.7. The molecule has 0 aliphatic carbocycles. The summed E-state index contributed by atoms with van der Waals surface area (Å²) in [6, 6.07) is 5.62. The number of nitrogens with zero attached hydrogens (tertiary/aromatic N) is 7. The number of aliphatic hydroxyl groups excluding tert-OH is 2. The van der Waals surface area contributed by atoms with Crippen molar-refractivity contribution >= 4 is 21.6 Å². The third-order valence-corrected chi connectivity index (χ3v) is 6.22. The predicted octanol–water partition coefficient (Wildman–Crippen LogP) is -1.06. The number of benzene rings is 1. The summed E-state index contributed by atoms with van der Waals surface area (Å²) < 4.78 is 30.3. The molecule has 0 bridgehead atoms. The normalized spacial score (nSPS) is 13.8. The summed E-state index contributed by atoms with van der Waals surface area (Å²) in [5.74, 6) is -0.283. The van der Waals surface area contributed by atoms with Crippen LogP contribution in [0.3, 0.4) is 0 Å². The first kappa shape index (κ1) is 23.5. The second-order valence-electron chi connectivity index (χ2n) is 7.07. The Hall–Kier alpha value is -3.20. The summed E-state index contributed by atoms with van der Waals surface area (Å²) >= 11 is 0. The first-order valence-electron chi connectivity index (χ1n) is 9.63. The van der Waals surface area contributed by atoms with E-state index in [1.807, 2.05) is 0 Å². The van der Waals surface area contributed by atoms with Gasteiger partial charge in [-0.25, -0.2) is 18.4 Å². The average molecular weight is 465 g/mol. The number of carbonyl (C=O) groups is 1. The van der Waals surface area contributed by atoms with Crippen LogP contribution in [0.1, 0.15) is 6.92 Å². The molecule has 3 N–H and O–H groups in total. The smallest absolute Gasteiger partial charge is 0.243 e. The molecule has 3 aromatic rings. The summed E-state index contributed by atoms with van der Waals surface area (Å²) in [6.07, 6.45) is 3.21. The van der Waals surface area contributed by atoms with Gasteiger partial charge in [0.05, 0.1) is 30.2 Å². The molecule has 0 aliphatic rings. The molecule has 3 rings (SSSR count). The van der Waals surface area contributed by atoms with Crippen molar-refractivity contribution in [1.29, 1.82) is 0 Å². The second-order valence-corrected chi connectivity index (χ2v) is 9.01. The molecule has 0 saturated heterocycles. The topological polar surface area (TPSA) is 168 Å². The van der Waals surface area contributed by atoms with Crippen LogP contribution in [0.4, 0.5) is 5.69 Å². The molecular formula is C18H24N8O5S. The van der Waals surface area contributed by atoms with Gasteiger partial charge in [-0.3, -0.25) is 14.2 Å². The average Bonchev–Trinajstić information content (AvgIpc) is 3.41. The molecule has 2 aromatic heterocycles. The van der Waals surface area contributed by atoms with Crippen LogP contribution in [0.25, 0.3) is 0 Å². The van der Waals surface area contributed by atoms with E-state index < -0.39 is 22.2 Å². The number of amides is 1. The lowest BCUT2D eigenvalue weighted by Crippen LogP contribution is -2.44. The van der Waals surface area contributed by atoms with Gasteiger partial charge in [0.2, 0.25) is 15.9 Å². The molecule has 32 heavy (non-hydrogen) atoms. The van der Waals surface area contributed by atoms with Crippen molar-refractivity contribution in [2.75, 3.05) is 18.4 Å². The summed E-state index contributed by atoms with van der Waals surface area (Å²) in [6.45, 7) is 0.812. The highest BCUT2D eigenvalue weighted by Gasteiger charge is 2.29. The molecule has 0 radical (unpaired) electrons. The van der Waals surface area contributed by atoms with Gasteiger partial charge in [-0.15, -0.1) is 0 Å². The largest absolute Gasteiger partial charge is 0.390 e. The van der Waals surface area contributed by atoms with Crippen molar-refractivity contribution in [2.24, 2.45) is 0 Å². The van der Waals surface area contributed by atoms with Gasteiger partial charge in [-0.05, 0) is 24.3 Å². The Kier molecular flexibility index (Phi) is 7.63. The van der Waals surface area contributed by atoms with Crippen molar-refractivity contribution in [3.05, 3.63) is 49.6 Å². The van der Waals surface area contributed by atoms with Crippen LogP contribution >= 0.6 is 0 Å². The molecule has 2 heterocycles. The number of sulfonamides is 1. The first-order valence-corrected chi connectivity index (χ1v) is 11.1. The van der Waals surface area contributed by atoms with Gasteiger partial charge in [0.1, 0.15) is 25.3 Å². The minimum atomic E-state index is -4.08. The quantitative estimate of drug-likeness (QED) is 0.320. The Morgan fingerprint density at radius 1 is 1.00 bits per heavy atom. The monoisotopic (exact) mass is 464 g/mol. The van der Waals surface area contributed by atoms with Crippen molar-refractivity contribution in [1.82, 2.24) is 33.8 Å². The van der Waals surface area contributed by atoms with Gasteiger partial charge in [0, 0.05) is 25.7 Å². The van der Waals surface area contributed by atoms with E-state index in [4.69, 9.17) is 0 Å². The van der Waals surface area contributed by atoms with E-state index in [1.54, 1.807) is 0 Å². The van der Waals surface area contributed by atoms with E-state index in [1.165, 1.54) is 65.9 Å². The number of carbonyl (C=O) groups excluding carboxylic acids is 1. The molecule has 1 amide bonds. The maximum atomic E-state index is 13.3. The van der Waals surface area contributed by atoms with Crippen LogP contribution in [0.5, 0.6) is 0 Å². The zero-order valence-electron chi connectivity index (χ0n) is 17.3. The molecular weight excluding hydrogens is 440 g/mol. The van der Waals surface area contributed by atoms with E-state index >= 15 is 0 Å². The summed E-state index contributed by atoms with van der Waals surface area (Å²) in [5.41, 5.74) is 0.445. The lowest BCUT2D eigenvalue weighted by atomic mass is 10.3. The van der Waals surface area contributed by atoms with Crippen molar-refractivity contribution in [3.8, 4) is 0 Å². The lowest BCUT2D eigenvalue weighted by molar-refractivity contribution is -0.114. The number of rotatable bonds is 11.